The molecule has 5 rings (SSSR count). The van der Waals surface area contributed by atoms with Gasteiger partial charge in [0.2, 0.25) is 0 Å². The summed E-state index contributed by atoms with van der Waals surface area (Å²) in [6.45, 7) is 4.70. The fourth-order valence-electron chi connectivity index (χ4n) is 4.37. The number of hydrogen-bond acceptors (Lipinski definition) is 1. The van der Waals surface area contributed by atoms with Gasteiger partial charge in [0, 0.05) is 16.8 Å². The molecule has 24 heavy (non-hydrogen) atoms. The zero-order chi connectivity index (χ0) is 16.3. The van der Waals surface area contributed by atoms with Crippen LogP contribution in [0.3, 0.4) is 0 Å². The van der Waals surface area contributed by atoms with Gasteiger partial charge in [-0.1, -0.05) is 74.5 Å². The molecule has 116 valence electrons. The Morgan fingerprint density at radius 2 is 1.04 bits per heavy atom. The summed E-state index contributed by atoms with van der Waals surface area (Å²) in [5.41, 5.74) is 5.18. The standard InChI is InChI=1S/C23H19N/c1-23(2)21-17-9-5-3-7-15(17)11-13-19(21)24-20-14-12-16-8-4-6-10-18(16)22(20)23/h3-14,24H,1-2H3. The third-order valence-electron chi connectivity index (χ3n) is 5.38. The molecule has 1 aliphatic rings. The van der Waals surface area contributed by atoms with E-state index < -0.39 is 0 Å². The Labute approximate surface area is 141 Å². The van der Waals surface area contributed by atoms with Gasteiger partial charge in [-0.2, -0.15) is 0 Å². The van der Waals surface area contributed by atoms with Crippen LogP contribution in [0.4, 0.5) is 11.4 Å². The van der Waals surface area contributed by atoms with Crippen LogP contribution < -0.4 is 5.32 Å². The first-order valence-corrected chi connectivity index (χ1v) is 8.48. The molecule has 0 atom stereocenters. The van der Waals surface area contributed by atoms with Crippen molar-refractivity contribution in [1.29, 1.82) is 0 Å². The molecule has 0 bridgehead atoms. The van der Waals surface area contributed by atoms with Crippen molar-refractivity contribution >= 4 is 32.9 Å². The van der Waals surface area contributed by atoms with Crippen LogP contribution in [0.15, 0.2) is 72.8 Å². The lowest BCUT2D eigenvalue weighted by Gasteiger charge is -2.37. The molecule has 1 nitrogen and oxygen atoms in total. The van der Waals surface area contributed by atoms with Crippen molar-refractivity contribution in [2.24, 2.45) is 0 Å². The van der Waals surface area contributed by atoms with Crippen LogP contribution in [0.2, 0.25) is 0 Å². The van der Waals surface area contributed by atoms with E-state index in [4.69, 9.17) is 0 Å². The maximum Gasteiger partial charge on any atom is 0.0432 e. The van der Waals surface area contributed by atoms with Crippen molar-refractivity contribution in [3.8, 4) is 0 Å². The summed E-state index contributed by atoms with van der Waals surface area (Å²) in [5, 5.41) is 8.96. The Morgan fingerprint density at radius 3 is 1.54 bits per heavy atom. The molecule has 0 saturated heterocycles. The smallest absolute Gasteiger partial charge is 0.0432 e. The van der Waals surface area contributed by atoms with Crippen LogP contribution in [0, 0.1) is 0 Å². The maximum atomic E-state index is 3.68. The van der Waals surface area contributed by atoms with Gasteiger partial charge in [-0.05, 0) is 44.8 Å². The summed E-state index contributed by atoms with van der Waals surface area (Å²) in [5.74, 6) is 0. The van der Waals surface area contributed by atoms with Gasteiger partial charge in [-0.3, -0.25) is 0 Å². The van der Waals surface area contributed by atoms with E-state index >= 15 is 0 Å². The van der Waals surface area contributed by atoms with Crippen molar-refractivity contribution in [1.82, 2.24) is 0 Å². The third kappa shape index (κ3) is 1.70. The number of nitrogens with one attached hydrogen (secondary N) is 1. The summed E-state index contributed by atoms with van der Waals surface area (Å²) in [7, 11) is 0. The summed E-state index contributed by atoms with van der Waals surface area (Å²) in [4.78, 5) is 0. The lowest BCUT2D eigenvalue weighted by atomic mass is 9.71. The van der Waals surface area contributed by atoms with Crippen molar-refractivity contribution in [3.05, 3.63) is 83.9 Å². The molecule has 4 aromatic rings. The molecule has 1 heterocycles. The van der Waals surface area contributed by atoms with Crippen LogP contribution >= 0.6 is 0 Å². The average Bonchev–Trinajstić information content (AvgIpc) is 2.60. The van der Waals surface area contributed by atoms with Gasteiger partial charge in [-0.15, -0.1) is 0 Å². The fourth-order valence-corrected chi connectivity index (χ4v) is 4.37. The van der Waals surface area contributed by atoms with Crippen LogP contribution in [-0.4, -0.2) is 0 Å². The summed E-state index contributed by atoms with van der Waals surface area (Å²) in [6.07, 6.45) is 0. The van der Waals surface area contributed by atoms with E-state index in [9.17, 15) is 0 Å². The number of hydrogen-bond donors (Lipinski definition) is 1. The predicted molar refractivity (Wildman–Crippen MR) is 103 cm³/mol. The van der Waals surface area contributed by atoms with Crippen molar-refractivity contribution in [2.75, 3.05) is 5.32 Å². The molecule has 0 aromatic heterocycles. The van der Waals surface area contributed by atoms with Crippen LogP contribution in [-0.2, 0) is 5.41 Å². The lowest BCUT2D eigenvalue weighted by Crippen LogP contribution is -2.26. The number of benzene rings is 4. The molecule has 0 spiro atoms. The minimum absolute atomic E-state index is 0.0579. The molecule has 1 aliphatic heterocycles. The Kier molecular flexibility index (Phi) is 2.62. The molecule has 0 amide bonds. The molecule has 1 N–H and O–H groups in total. The second kappa shape index (κ2) is 4.61. The quantitative estimate of drug-likeness (QED) is 0.397. The first kappa shape index (κ1) is 13.6. The van der Waals surface area contributed by atoms with Crippen molar-refractivity contribution in [3.63, 3.8) is 0 Å². The Bertz CT molecular complexity index is 1020. The van der Waals surface area contributed by atoms with E-state index in [1.807, 2.05) is 0 Å². The summed E-state index contributed by atoms with van der Waals surface area (Å²) in [6, 6.07) is 26.2. The second-order valence-electron chi connectivity index (χ2n) is 7.17. The maximum absolute atomic E-state index is 3.68. The van der Waals surface area contributed by atoms with Crippen LogP contribution in [0.1, 0.15) is 25.0 Å². The molecule has 0 aliphatic carbocycles. The average molecular weight is 309 g/mol. The zero-order valence-corrected chi connectivity index (χ0v) is 13.9. The topological polar surface area (TPSA) is 12.0 Å². The largest absolute Gasteiger partial charge is 0.355 e. The predicted octanol–water partition coefficient (Wildman–Crippen LogP) is 6.38. The second-order valence-corrected chi connectivity index (χ2v) is 7.17. The van der Waals surface area contributed by atoms with Gasteiger partial charge in [-0.25, -0.2) is 0 Å². The van der Waals surface area contributed by atoms with Crippen molar-refractivity contribution < 1.29 is 0 Å². The highest BCUT2D eigenvalue weighted by Gasteiger charge is 2.35. The van der Waals surface area contributed by atoms with Gasteiger partial charge >= 0.3 is 0 Å². The molecule has 0 radical (unpaired) electrons. The minimum Gasteiger partial charge on any atom is -0.355 e. The van der Waals surface area contributed by atoms with Gasteiger partial charge < -0.3 is 5.32 Å². The molecule has 0 saturated carbocycles. The normalized spacial score (nSPS) is 14.9. The summed E-state index contributed by atoms with van der Waals surface area (Å²) >= 11 is 0. The van der Waals surface area contributed by atoms with Crippen molar-refractivity contribution in [2.45, 2.75) is 19.3 Å². The zero-order valence-electron chi connectivity index (χ0n) is 13.9. The SMILES string of the molecule is CC1(C)c2c(ccc3ccccc23)Nc2ccc3ccccc3c21. The highest BCUT2D eigenvalue weighted by atomic mass is 14.9. The van der Waals surface area contributed by atoms with Gasteiger partial charge in [0.1, 0.15) is 0 Å². The Balaban J connectivity index is 1.92. The van der Waals surface area contributed by atoms with E-state index in [1.54, 1.807) is 0 Å². The van der Waals surface area contributed by atoms with Crippen LogP contribution in [0.25, 0.3) is 21.5 Å². The number of rotatable bonds is 0. The molecule has 0 fully saturated rings. The monoisotopic (exact) mass is 309 g/mol. The minimum atomic E-state index is -0.0579. The molecule has 1 heteroatoms. The lowest BCUT2D eigenvalue weighted by molar-refractivity contribution is 0.650. The van der Waals surface area contributed by atoms with E-state index in [0.29, 0.717) is 0 Å². The molecular weight excluding hydrogens is 290 g/mol. The van der Waals surface area contributed by atoms with E-state index in [0.717, 1.165) is 0 Å². The van der Waals surface area contributed by atoms with E-state index in [-0.39, 0.29) is 5.41 Å². The van der Waals surface area contributed by atoms with Gasteiger partial charge in [0.25, 0.3) is 0 Å². The first-order chi connectivity index (χ1) is 11.7. The molecule has 4 aromatic carbocycles. The summed E-state index contributed by atoms with van der Waals surface area (Å²) < 4.78 is 0. The van der Waals surface area contributed by atoms with Gasteiger partial charge in [0.15, 0.2) is 0 Å². The Morgan fingerprint density at radius 1 is 0.583 bits per heavy atom. The molecule has 0 unspecified atom stereocenters. The fraction of sp³-hybridized carbons (Fsp3) is 0.130. The molecular formula is C23H19N. The number of fused-ring (bicyclic) bond motifs is 6. The van der Waals surface area contributed by atoms with E-state index in [2.05, 4.69) is 92.0 Å². The third-order valence-corrected chi connectivity index (χ3v) is 5.38. The highest BCUT2D eigenvalue weighted by Crippen LogP contribution is 2.50. The first-order valence-electron chi connectivity index (χ1n) is 8.48. The highest BCUT2D eigenvalue weighted by molar-refractivity contribution is 6.00. The van der Waals surface area contributed by atoms with Crippen LogP contribution in [0.5, 0.6) is 0 Å². The van der Waals surface area contributed by atoms with Gasteiger partial charge in [0.05, 0.1) is 0 Å². The van der Waals surface area contributed by atoms with E-state index in [1.165, 1.54) is 44.0 Å². The number of anilines is 2. The Hall–Kier alpha value is -2.80.